The molecule has 0 atom stereocenters. The summed E-state index contributed by atoms with van der Waals surface area (Å²) in [6, 6.07) is 17.0. The molecule has 3 aromatic heterocycles. The van der Waals surface area contributed by atoms with Gasteiger partial charge < -0.3 is 10.6 Å². The van der Waals surface area contributed by atoms with Crippen molar-refractivity contribution in [2.45, 2.75) is 38.6 Å². The van der Waals surface area contributed by atoms with Crippen LogP contribution in [-0.4, -0.2) is 37.2 Å². The third-order valence-corrected chi connectivity index (χ3v) is 6.09. The van der Waals surface area contributed by atoms with Gasteiger partial charge in [-0.25, -0.2) is 0 Å². The number of carbonyl (C=O) groups excluding carboxylic acids is 2. The Bertz CT molecular complexity index is 1230. The second kappa shape index (κ2) is 12.4. The van der Waals surface area contributed by atoms with Gasteiger partial charge in [0.2, 0.25) is 10.9 Å². The fraction of sp³-hybridized carbons (Fsp3) is 0.240. The Morgan fingerprint density at radius 3 is 2.43 bits per heavy atom. The van der Waals surface area contributed by atoms with Crippen LogP contribution >= 0.6 is 11.3 Å². The molecule has 2 amide bonds. The zero-order valence-electron chi connectivity index (χ0n) is 19.1. The van der Waals surface area contributed by atoms with Gasteiger partial charge in [-0.2, -0.15) is 5.10 Å². The van der Waals surface area contributed by atoms with E-state index >= 15 is 0 Å². The third kappa shape index (κ3) is 7.75. The van der Waals surface area contributed by atoms with Crippen molar-refractivity contribution in [2.75, 3.05) is 5.32 Å². The van der Waals surface area contributed by atoms with Crippen LogP contribution in [0, 0.1) is 0 Å². The van der Waals surface area contributed by atoms with Crippen LogP contribution in [0.5, 0.6) is 0 Å². The summed E-state index contributed by atoms with van der Waals surface area (Å²) >= 11 is 1.32. The van der Waals surface area contributed by atoms with Crippen molar-refractivity contribution >= 4 is 29.0 Å². The maximum atomic E-state index is 12.3. The third-order valence-electron chi connectivity index (χ3n) is 5.11. The van der Waals surface area contributed by atoms with Gasteiger partial charge in [0, 0.05) is 25.4 Å². The molecule has 0 bridgehead atoms. The maximum Gasteiger partial charge on any atom is 0.282 e. The van der Waals surface area contributed by atoms with Gasteiger partial charge in [-0.1, -0.05) is 47.7 Å². The number of nitrogens with zero attached hydrogens (tertiary/aromatic N) is 5. The van der Waals surface area contributed by atoms with Crippen LogP contribution in [-0.2, 0) is 30.6 Å². The number of hydrogen-bond acceptors (Lipinski definition) is 8. The standard InChI is InChI=1S/C25H25N7O2S/c33-22(15-19-9-6-14-26-16-19)28-21-13-12-20(29-30-21)10-4-5-11-23-31-32-25(35-23)24(34)27-17-18-7-2-1-3-8-18/h1-3,6-9,12-14,16H,4-5,10-11,15,17H2,(H,27,34)(H,28,30,33). The summed E-state index contributed by atoms with van der Waals surface area (Å²) in [6.45, 7) is 0.461. The van der Waals surface area contributed by atoms with E-state index in [-0.39, 0.29) is 18.2 Å². The lowest BCUT2D eigenvalue weighted by Crippen LogP contribution is -2.22. The number of anilines is 1. The van der Waals surface area contributed by atoms with E-state index in [0.29, 0.717) is 17.4 Å². The molecule has 1 aromatic carbocycles. The lowest BCUT2D eigenvalue weighted by molar-refractivity contribution is -0.115. The molecule has 0 saturated heterocycles. The highest BCUT2D eigenvalue weighted by Crippen LogP contribution is 2.14. The van der Waals surface area contributed by atoms with Gasteiger partial charge in [0.15, 0.2) is 5.82 Å². The van der Waals surface area contributed by atoms with Gasteiger partial charge in [0.25, 0.3) is 5.91 Å². The molecule has 0 radical (unpaired) electrons. The van der Waals surface area contributed by atoms with Gasteiger partial charge in [0.05, 0.1) is 12.1 Å². The van der Waals surface area contributed by atoms with Crippen LogP contribution in [0.15, 0.2) is 67.0 Å². The van der Waals surface area contributed by atoms with Crippen molar-refractivity contribution in [3.05, 3.63) is 93.8 Å². The molecule has 0 saturated carbocycles. The Morgan fingerprint density at radius 2 is 1.66 bits per heavy atom. The molecule has 35 heavy (non-hydrogen) atoms. The number of nitrogens with one attached hydrogen (secondary N) is 2. The molecular weight excluding hydrogens is 462 g/mol. The lowest BCUT2D eigenvalue weighted by Gasteiger charge is -2.05. The molecule has 4 aromatic rings. The van der Waals surface area contributed by atoms with E-state index in [1.807, 2.05) is 42.5 Å². The zero-order valence-corrected chi connectivity index (χ0v) is 19.9. The van der Waals surface area contributed by atoms with Crippen molar-refractivity contribution in [1.82, 2.24) is 30.7 Å². The quantitative estimate of drug-likeness (QED) is 0.311. The predicted molar refractivity (Wildman–Crippen MR) is 133 cm³/mol. The van der Waals surface area contributed by atoms with Crippen molar-refractivity contribution in [2.24, 2.45) is 0 Å². The highest BCUT2D eigenvalue weighted by atomic mass is 32.1. The molecule has 0 aliphatic rings. The largest absolute Gasteiger partial charge is 0.346 e. The lowest BCUT2D eigenvalue weighted by atomic mass is 10.1. The summed E-state index contributed by atoms with van der Waals surface area (Å²) in [5.41, 5.74) is 2.73. The Hall–Kier alpha value is -4.05. The average Bonchev–Trinajstić information content (AvgIpc) is 3.36. The summed E-state index contributed by atoms with van der Waals surface area (Å²) in [4.78, 5) is 28.4. The van der Waals surface area contributed by atoms with Crippen LogP contribution in [0.25, 0.3) is 0 Å². The molecule has 10 heteroatoms. The van der Waals surface area contributed by atoms with Crippen LogP contribution in [0.4, 0.5) is 5.82 Å². The van der Waals surface area contributed by atoms with Crippen LogP contribution < -0.4 is 10.6 Å². The Labute approximate surface area is 207 Å². The minimum atomic E-state index is -0.208. The molecule has 0 aliphatic heterocycles. The number of pyridine rings is 1. The topological polar surface area (TPSA) is 123 Å². The second-order valence-corrected chi connectivity index (χ2v) is 8.93. The van der Waals surface area contributed by atoms with E-state index in [1.54, 1.807) is 24.5 Å². The first-order chi connectivity index (χ1) is 17.2. The van der Waals surface area contributed by atoms with Crippen molar-refractivity contribution < 1.29 is 9.59 Å². The minimum Gasteiger partial charge on any atom is -0.346 e. The number of aromatic nitrogens is 5. The van der Waals surface area contributed by atoms with Crippen molar-refractivity contribution in [3.63, 3.8) is 0 Å². The molecule has 9 nitrogen and oxygen atoms in total. The van der Waals surface area contributed by atoms with Gasteiger partial charge >= 0.3 is 0 Å². The zero-order chi connectivity index (χ0) is 24.3. The summed E-state index contributed by atoms with van der Waals surface area (Å²) in [5.74, 6) is 0.0558. The monoisotopic (exact) mass is 487 g/mol. The van der Waals surface area contributed by atoms with Gasteiger partial charge in [-0.05, 0) is 48.6 Å². The molecule has 178 valence electrons. The molecular formula is C25H25N7O2S. The minimum absolute atomic E-state index is 0.162. The van der Waals surface area contributed by atoms with Crippen LogP contribution in [0.1, 0.15) is 44.5 Å². The highest BCUT2D eigenvalue weighted by Gasteiger charge is 2.12. The first kappa shape index (κ1) is 24.1. The molecule has 0 aliphatic carbocycles. The van der Waals surface area contributed by atoms with Crippen LogP contribution in [0.3, 0.4) is 0 Å². The molecule has 3 heterocycles. The second-order valence-electron chi connectivity index (χ2n) is 7.87. The molecule has 2 N–H and O–H groups in total. The number of hydrogen-bond donors (Lipinski definition) is 2. The van der Waals surface area contributed by atoms with Gasteiger partial charge in [0.1, 0.15) is 5.01 Å². The molecule has 0 unspecified atom stereocenters. The van der Waals surface area contributed by atoms with Gasteiger partial charge in [-0.3, -0.25) is 14.6 Å². The first-order valence-corrected chi connectivity index (χ1v) is 12.1. The van der Waals surface area contributed by atoms with E-state index in [4.69, 9.17) is 0 Å². The van der Waals surface area contributed by atoms with E-state index < -0.39 is 0 Å². The number of unbranched alkanes of at least 4 members (excludes halogenated alkanes) is 1. The normalized spacial score (nSPS) is 10.6. The first-order valence-electron chi connectivity index (χ1n) is 11.3. The Morgan fingerprint density at radius 1 is 0.829 bits per heavy atom. The molecule has 4 rings (SSSR count). The number of amides is 2. The summed E-state index contributed by atoms with van der Waals surface area (Å²) in [5, 5.41) is 23.3. The summed E-state index contributed by atoms with van der Waals surface area (Å²) < 4.78 is 0. The van der Waals surface area contributed by atoms with E-state index in [2.05, 4.69) is 36.0 Å². The summed E-state index contributed by atoms with van der Waals surface area (Å²) in [7, 11) is 0. The van der Waals surface area contributed by atoms with Crippen molar-refractivity contribution in [1.29, 1.82) is 0 Å². The maximum absolute atomic E-state index is 12.3. The summed E-state index contributed by atoms with van der Waals surface area (Å²) in [6.07, 6.45) is 6.88. The van der Waals surface area contributed by atoms with E-state index in [0.717, 1.165) is 47.5 Å². The fourth-order valence-electron chi connectivity index (χ4n) is 3.32. The number of benzene rings is 1. The van der Waals surface area contributed by atoms with E-state index in [9.17, 15) is 9.59 Å². The van der Waals surface area contributed by atoms with E-state index in [1.165, 1.54) is 11.3 Å². The fourth-order valence-corrected chi connectivity index (χ4v) is 4.12. The number of carbonyl (C=O) groups is 2. The smallest absolute Gasteiger partial charge is 0.282 e. The Kier molecular flexibility index (Phi) is 8.55. The number of rotatable bonds is 11. The van der Waals surface area contributed by atoms with Crippen LogP contribution in [0.2, 0.25) is 0 Å². The van der Waals surface area contributed by atoms with Crippen molar-refractivity contribution in [3.8, 4) is 0 Å². The SMILES string of the molecule is O=C(Cc1cccnc1)Nc1ccc(CCCCc2nnc(C(=O)NCc3ccccc3)s2)nn1. The highest BCUT2D eigenvalue weighted by molar-refractivity contribution is 7.13. The molecule has 0 fully saturated rings. The Balaban J connectivity index is 1.15. The van der Waals surface area contributed by atoms with Gasteiger partial charge in [-0.15, -0.1) is 15.3 Å². The molecule has 0 spiro atoms. The predicted octanol–water partition coefficient (Wildman–Crippen LogP) is 3.40. The number of aryl methyl sites for hydroxylation is 2. The average molecular weight is 488 g/mol.